The third-order valence-corrected chi connectivity index (χ3v) is 8.11. The molecule has 0 bridgehead atoms. The number of amides is 2. The SMILES string of the molecule is CCc1ccc(N(CC(=O)N(CCc2ccccc2)C(C)C(=O)NC(C)C)S(=O)(=O)c2ccccc2)cc1. The highest BCUT2D eigenvalue weighted by Crippen LogP contribution is 2.25. The predicted molar refractivity (Wildman–Crippen MR) is 151 cm³/mol. The Morgan fingerprint density at radius 1 is 0.816 bits per heavy atom. The third kappa shape index (κ3) is 7.44. The highest BCUT2D eigenvalue weighted by molar-refractivity contribution is 7.92. The third-order valence-electron chi connectivity index (χ3n) is 6.33. The lowest BCUT2D eigenvalue weighted by Gasteiger charge is -2.32. The van der Waals surface area contributed by atoms with Gasteiger partial charge in [0, 0.05) is 12.6 Å². The predicted octanol–water partition coefficient (Wildman–Crippen LogP) is 4.43. The zero-order valence-electron chi connectivity index (χ0n) is 22.5. The van der Waals surface area contributed by atoms with E-state index in [1.807, 2.05) is 63.2 Å². The summed E-state index contributed by atoms with van der Waals surface area (Å²) < 4.78 is 28.6. The van der Waals surface area contributed by atoms with Gasteiger partial charge in [0.2, 0.25) is 11.8 Å². The van der Waals surface area contributed by atoms with Gasteiger partial charge in [-0.05, 0) is 69.0 Å². The number of sulfonamides is 1. The number of carbonyl (C=O) groups is 2. The van der Waals surface area contributed by atoms with Crippen molar-refractivity contribution >= 4 is 27.5 Å². The van der Waals surface area contributed by atoms with Gasteiger partial charge in [-0.15, -0.1) is 0 Å². The van der Waals surface area contributed by atoms with Crippen molar-refractivity contribution in [2.45, 2.75) is 57.5 Å². The number of nitrogens with zero attached hydrogens (tertiary/aromatic N) is 2. The molecule has 0 spiro atoms. The van der Waals surface area contributed by atoms with Crippen LogP contribution in [0.15, 0.2) is 89.8 Å². The molecular weight excluding hydrogens is 498 g/mol. The van der Waals surface area contributed by atoms with Gasteiger partial charge >= 0.3 is 0 Å². The van der Waals surface area contributed by atoms with E-state index in [-0.39, 0.29) is 23.4 Å². The van der Waals surface area contributed by atoms with E-state index in [0.717, 1.165) is 21.9 Å². The molecule has 3 rings (SSSR count). The minimum atomic E-state index is -4.05. The maximum Gasteiger partial charge on any atom is 0.264 e. The van der Waals surface area contributed by atoms with Gasteiger partial charge in [0.05, 0.1) is 10.6 Å². The van der Waals surface area contributed by atoms with Crippen LogP contribution in [0, 0.1) is 0 Å². The van der Waals surface area contributed by atoms with E-state index < -0.39 is 28.5 Å². The van der Waals surface area contributed by atoms with Crippen LogP contribution < -0.4 is 9.62 Å². The first-order valence-corrected chi connectivity index (χ1v) is 14.4. The van der Waals surface area contributed by atoms with Gasteiger partial charge < -0.3 is 10.2 Å². The molecular formula is C30H37N3O4S. The first kappa shape index (κ1) is 28.9. The van der Waals surface area contributed by atoms with E-state index in [2.05, 4.69) is 5.32 Å². The average molecular weight is 536 g/mol. The van der Waals surface area contributed by atoms with Crippen molar-refractivity contribution < 1.29 is 18.0 Å². The molecule has 2 amide bonds. The quantitative estimate of drug-likeness (QED) is 0.372. The fourth-order valence-electron chi connectivity index (χ4n) is 4.12. The van der Waals surface area contributed by atoms with E-state index in [1.54, 1.807) is 37.3 Å². The second-order valence-electron chi connectivity index (χ2n) is 9.51. The zero-order chi connectivity index (χ0) is 27.7. The van der Waals surface area contributed by atoms with Crippen LogP contribution in [0.4, 0.5) is 5.69 Å². The minimum Gasteiger partial charge on any atom is -0.352 e. The molecule has 38 heavy (non-hydrogen) atoms. The van der Waals surface area contributed by atoms with Crippen LogP contribution in [0.3, 0.4) is 0 Å². The van der Waals surface area contributed by atoms with Gasteiger partial charge in [-0.1, -0.05) is 67.6 Å². The number of aryl methyl sites for hydroxylation is 1. The largest absolute Gasteiger partial charge is 0.352 e. The van der Waals surface area contributed by atoms with Crippen LogP contribution in [0.5, 0.6) is 0 Å². The Hall–Kier alpha value is -3.65. The van der Waals surface area contributed by atoms with E-state index >= 15 is 0 Å². The summed E-state index contributed by atoms with van der Waals surface area (Å²) in [6.45, 7) is 7.24. The van der Waals surface area contributed by atoms with Crippen molar-refractivity contribution in [1.29, 1.82) is 0 Å². The standard InChI is InChI=1S/C30H37N3O4S/c1-5-25-16-18-27(19-17-25)33(38(36,37)28-14-10-7-11-15-28)22-29(34)32(24(4)30(35)31-23(2)3)21-20-26-12-8-6-9-13-26/h6-19,23-24H,5,20-22H2,1-4H3,(H,31,35). The van der Waals surface area contributed by atoms with Crippen LogP contribution in [-0.4, -0.2) is 50.3 Å². The summed E-state index contributed by atoms with van der Waals surface area (Å²) >= 11 is 0. The molecule has 0 radical (unpaired) electrons. The Bertz CT molecular complexity index is 1290. The van der Waals surface area contributed by atoms with E-state index in [9.17, 15) is 18.0 Å². The maximum absolute atomic E-state index is 13.8. The van der Waals surface area contributed by atoms with Gasteiger partial charge in [-0.2, -0.15) is 0 Å². The van der Waals surface area contributed by atoms with Crippen LogP contribution in [0.2, 0.25) is 0 Å². The molecule has 1 N–H and O–H groups in total. The Balaban J connectivity index is 1.96. The van der Waals surface area contributed by atoms with Crippen molar-refractivity contribution in [1.82, 2.24) is 10.2 Å². The van der Waals surface area contributed by atoms with Crippen LogP contribution in [-0.2, 0) is 32.5 Å². The lowest BCUT2D eigenvalue weighted by Crippen LogP contribution is -2.53. The molecule has 0 aromatic heterocycles. The molecule has 3 aromatic rings. The van der Waals surface area contributed by atoms with Crippen molar-refractivity contribution in [2.75, 3.05) is 17.4 Å². The zero-order valence-corrected chi connectivity index (χ0v) is 23.3. The Labute approximate surface area is 226 Å². The molecule has 1 atom stereocenters. The number of hydrogen-bond acceptors (Lipinski definition) is 4. The Morgan fingerprint density at radius 3 is 1.95 bits per heavy atom. The number of benzene rings is 3. The first-order valence-electron chi connectivity index (χ1n) is 12.9. The summed E-state index contributed by atoms with van der Waals surface area (Å²) in [5, 5.41) is 2.87. The number of nitrogens with one attached hydrogen (secondary N) is 1. The highest BCUT2D eigenvalue weighted by Gasteiger charge is 2.32. The molecule has 0 aliphatic carbocycles. The molecule has 0 heterocycles. The van der Waals surface area contributed by atoms with Gasteiger partial charge in [-0.3, -0.25) is 13.9 Å². The van der Waals surface area contributed by atoms with Crippen LogP contribution >= 0.6 is 0 Å². The summed E-state index contributed by atoms with van der Waals surface area (Å²) in [7, 11) is -4.05. The maximum atomic E-state index is 13.8. The molecule has 0 saturated heterocycles. The van der Waals surface area contributed by atoms with E-state index in [0.29, 0.717) is 12.1 Å². The summed E-state index contributed by atoms with van der Waals surface area (Å²) in [5.74, 6) is -0.738. The number of hydrogen-bond donors (Lipinski definition) is 1. The van der Waals surface area contributed by atoms with Crippen molar-refractivity contribution in [3.8, 4) is 0 Å². The molecule has 0 saturated carbocycles. The summed E-state index contributed by atoms with van der Waals surface area (Å²) in [6, 6.07) is 24.0. The summed E-state index contributed by atoms with van der Waals surface area (Å²) in [5.41, 5.74) is 2.47. The average Bonchev–Trinajstić information content (AvgIpc) is 2.92. The number of anilines is 1. The minimum absolute atomic E-state index is 0.0915. The van der Waals surface area contributed by atoms with Crippen LogP contribution in [0.1, 0.15) is 38.8 Å². The molecule has 0 fully saturated rings. The first-order chi connectivity index (χ1) is 18.1. The highest BCUT2D eigenvalue weighted by atomic mass is 32.2. The number of carbonyl (C=O) groups excluding carboxylic acids is 2. The summed E-state index contributed by atoms with van der Waals surface area (Å²) in [6.07, 6.45) is 1.34. The normalized spacial score (nSPS) is 12.1. The lowest BCUT2D eigenvalue weighted by molar-refractivity contribution is -0.139. The van der Waals surface area contributed by atoms with Crippen molar-refractivity contribution in [3.63, 3.8) is 0 Å². The van der Waals surface area contributed by atoms with Gasteiger partial charge in [-0.25, -0.2) is 8.42 Å². The van der Waals surface area contributed by atoms with Gasteiger partial charge in [0.15, 0.2) is 0 Å². The Kier molecular flexibility index (Phi) is 10.1. The topological polar surface area (TPSA) is 86.8 Å². The second kappa shape index (κ2) is 13.2. The van der Waals surface area contributed by atoms with Crippen molar-refractivity contribution in [3.05, 3.63) is 96.1 Å². The summed E-state index contributed by atoms with van der Waals surface area (Å²) in [4.78, 5) is 28.3. The molecule has 202 valence electrons. The smallest absolute Gasteiger partial charge is 0.264 e. The Morgan fingerprint density at radius 2 is 1.39 bits per heavy atom. The fraction of sp³-hybridized carbons (Fsp3) is 0.333. The monoisotopic (exact) mass is 535 g/mol. The molecule has 0 aliphatic rings. The van der Waals surface area contributed by atoms with E-state index in [1.165, 1.54) is 17.0 Å². The van der Waals surface area contributed by atoms with Gasteiger partial charge in [0.25, 0.3) is 10.0 Å². The molecule has 0 aliphatic heterocycles. The molecule has 8 heteroatoms. The van der Waals surface area contributed by atoms with Gasteiger partial charge in [0.1, 0.15) is 12.6 Å². The molecule has 1 unspecified atom stereocenters. The van der Waals surface area contributed by atoms with E-state index in [4.69, 9.17) is 0 Å². The fourth-order valence-corrected chi connectivity index (χ4v) is 5.56. The molecule has 7 nitrogen and oxygen atoms in total. The number of rotatable bonds is 12. The second-order valence-corrected chi connectivity index (χ2v) is 11.4. The van der Waals surface area contributed by atoms with Crippen LogP contribution in [0.25, 0.3) is 0 Å². The van der Waals surface area contributed by atoms with Crippen molar-refractivity contribution in [2.24, 2.45) is 0 Å². The molecule has 3 aromatic carbocycles. The lowest BCUT2D eigenvalue weighted by atomic mass is 10.1.